The first-order valence-electron chi connectivity index (χ1n) is 8.74. The number of hydrogen-bond donors (Lipinski definition) is 1. The molecule has 1 saturated carbocycles. The minimum Gasteiger partial charge on any atom is -0.389 e. The van der Waals surface area contributed by atoms with E-state index in [0.29, 0.717) is 0 Å². The van der Waals surface area contributed by atoms with Crippen molar-refractivity contribution in [2.24, 2.45) is 5.41 Å². The van der Waals surface area contributed by atoms with Gasteiger partial charge >= 0.3 is 0 Å². The van der Waals surface area contributed by atoms with Crippen LogP contribution in [0.25, 0.3) is 0 Å². The highest BCUT2D eigenvalue weighted by atomic mass is 16.3. The summed E-state index contributed by atoms with van der Waals surface area (Å²) in [6.07, 6.45) is 16.6. The molecule has 1 atom stereocenters. The Morgan fingerprint density at radius 3 is 1.89 bits per heavy atom. The van der Waals surface area contributed by atoms with Gasteiger partial charge in [-0.05, 0) is 24.7 Å². The molecule has 1 fully saturated rings. The van der Waals surface area contributed by atoms with Gasteiger partial charge in [0.2, 0.25) is 0 Å². The van der Waals surface area contributed by atoms with Gasteiger partial charge in [0.25, 0.3) is 0 Å². The lowest BCUT2D eigenvalue weighted by atomic mass is 9.63. The highest BCUT2D eigenvalue weighted by Crippen LogP contribution is 2.46. The average molecular weight is 268 g/mol. The van der Waals surface area contributed by atoms with E-state index in [1.165, 1.54) is 70.6 Å². The SMILES string of the molecule is CCCCCCCCCCC1(O)CCCCC1(C)C. The predicted molar refractivity (Wildman–Crippen MR) is 84.4 cm³/mol. The fourth-order valence-corrected chi connectivity index (χ4v) is 3.57. The van der Waals surface area contributed by atoms with Crippen molar-refractivity contribution in [1.29, 1.82) is 0 Å². The molecule has 0 aliphatic heterocycles. The largest absolute Gasteiger partial charge is 0.389 e. The zero-order valence-corrected chi connectivity index (χ0v) is 13.6. The fraction of sp³-hybridized carbons (Fsp3) is 1.00. The van der Waals surface area contributed by atoms with Gasteiger partial charge in [-0.3, -0.25) is 0 Å². The van der Waals surface area contributed by atoms with Crippen LogP contribution in [0.2, 0.25) is 0 Å². The van der Waals surface area contributed by atoms with E-state index in [9.17, 15) is 5.11 Å². The summed E-state index contributed by atoms with van der Waals surface area (Å²) in [6, 6.07) is 0. The van der Waals surface area contributed by atoms with Crippen LogP contribution in [0.3, 0.4) is 0 Å². The van der Waals surface area contributed by atoms with Crippen molar-refractivity contribution in [1.82, 2.24) is 0 Å². The van der Waals surface area contributed by atoms with E-state index in [-0.39, 0.29) is 11.0 Å². The molecule has 0 aromatic heterocycles. The Labute approximate surface area is 121 Å². The summed E-state index contributed by atoms with van der Waals surface area (Å²) >= 11 is 0. The summed E-state index contributed by atoms with van der Waals surface area (Å²) in [6.45, 7) is 6.79. The molecule has 1 heteroatoms. The predicted octanol–water partition coefficient (Wildman–Crippen LogP) is 5.85. The summed E-state index contributed by atoms with van der Waals surface area (Å²) in [5.74, 6) is 0. The molecule has 1 nitrogen and oxygen atoms in total. The lowest BCUT2D eigenvalue weighted by Gasteiger charge is -2.46. The third kappa shape index (κ3) is 5.45. The Morgan fingerprint density at radius 1 is 0.789 bits per heavy atom. The molecule has 0 aromatic rings. The molecule has 1 rings (SSSR count). The standard InChI is InChI=1S/C18H36O/c1-4-5-6-7-8-9-10-11-15-18(19)16-13-12-14-17(18,2)3/h19H,4-16H2,1-3H3. The quantitative estimate of drug-likeness (QED) is 0.520. The van der Waals surface area contributed by atoms with Crippen LogP contribution in [0.15, 0.2) is 0 Å². The molecule has 1 aliphatic carbocycles. The van der Waals surface area contributed by atoms with Crippen LogP contribution in [0.5, 0.6) is 0 Å². The molecule has 1 unspecified atom stereocenters. The van der Waals surface area contributed by atoms with Gasteiger partial charge in [-0.25, -0.2) is 0 Å². The van der Waals surface area contributed by atoms with E-state index in [2.05, 4.69) is 20.8 Å². The number of hydrogen-bond acceptors (Lipinski definition) is 1. The van der Waals surface area contributed by atoms with E-state index in [1.807, 2.05) is 0 Å². The topological polar surface area (TPSA) is 20.2 Å². The molecule has 0 spiro atoms. The molecular weight excluding hydrogens is 232 g/mol. The first-order valence-corrected chi connectivity index (χ1v) is 8.74. The van der Waals surface area contributed by atoms with E-state index >= 15 is 0 Å². The maximum Gasteiger partial charge on any atom is 0.0698 e. The van der Waals surface area contributed by atoms with Crippen molar-refractivity contribution in [2.75, 3.05) is 0 Å². The van der Waals surface area contributed by atoms with Crippen molar-refractivity contribution in [2.45, 2.75) is 110 Å². The summed E-state index contributed by atoms with van der Waals surface area (Å²) in [7, 11) is 0. The lowest BCUT2D eigenvalue weighted by Crippen LogP contribution is -2.47. The zero-order chi connectivity index (χ0) is 14.2. The summed E-state index contributed by atoms with van der Waals surface area (Å²) < 4.78 is 0. The maximum absolute atomic E-state index is 10.9. The maximum atomic E-state index is 10.9. The summed E-state index contributed by atoms with van der Waals surface area (Å²) in [5.41, 5.74) is -0.250. The highest BCUT2D eigenvalue weighted by molar-refractivity contribution is 4.96. The van der Waals surface area contributed by atoms with Gasteiger partial charge < -0.3 is 5.11 Å². The minimum absolute atomic E-state index is 0.131. The first kappa shape index (κ1) is 17.0. The van der Waals surface area contributed by atoms with Crippen LogP contribution in [-0.2, 0) is 0 Å². The van der Waals surface area contributed by atoms with Crippen LogP contribution < -0.4 is 0 Å². The first-order chi connectivity index (χ1) is 9.02. The Kier molecular flexibility index (Phi) is 7.42. The van der Waals surface area contributed by atoms with E-state index in [1.54, 1.807) is 0 Å². The molecule has 0 amide bonds. The Bertz CT molecular complexity index is 234. The summed E-state index contributed by atoms with van der Waals surface area (Å²) in [4.78, 5) is 0. The second-order valence-corrected chi connectivity index (χ2v) is 7.35. The van der Waals surface area contributed by atoms with Crippen molar-refractivity contribution < 1.29 is 5.11 Å². The van der Waals surface area contributed by atoms with Gasteiger partial charge in [-0.2, -0.15) is 0 Å². The van der Waals surface area contributed by atoms with Gasteiger partial charge in [0, 0.05) is 0 Å². The molecule has 19 heavy (non-hydrogen) atoms. The van der Waals surface area contributed by atoms with Crippen LogP contribution in [-0.4, -0.2) is 10.7 Å². The lowest BCUT2D eigenvalue weighted by molar-refractivity contribution is -0.103. The van der Waals surface area contributed by atoms with Crippen LogP contribution in [0.1, 0.15) is 104 Å². The Hall–Kier alpha value is -0.0400. The Morgan fingerprint density at radius 2 is 1.32 bits per heavy atom. The molecule has 0 saturated heterocycles. The van der Waals surface area contributed by atoms with Crippen molar-refractivity contribution >= 4 is 0 Å². The number of rotatable bonds is 9. The molecule has 0 aromatic carbocycles. The van der Waals surface area contributed by atoms with E-state index in [4.69, 9.17) is 0 Å². The number of unbranched alkanes of at least 4 members (excludes halogenated alkanes) is 7. The second kappa shape index (κ2) is 8.29. The van der Waals surface area contributed by atoms with E-state index < -0.39 is 0 Å². The third-order valence-electron chi connectivity index (χ3n) is 5.35. The molecular formula is C18H36O. The molecule has 0 heterocycles. The van der Waals surface area contributed by atoms with Gasteiger partial charge in [0.1, 0.15) is 0 Å². The highest BCUT2D eigenvalue weighted by Gasteiger charge is 2.44. The Balaban J connectivity index is 2.11. The minimum atomic E-state index is -0.381. The third-order valence-corrected chi connectivity index (χ3v) is 5.35. The van der Waals surface area contributed by atoms with E-state index in [0.717, 1.165) is 12.8 Å². The molecule has 1 N–H and O–H groups in total. The van der Waals surface area contributed by atoms with Crippen molar-refractivity contribution in [3.63, 3.8) is 0 Å². The van der Waals surface area contributed by atoms with Crippen LogP contribution in [0, 0.1) is 5.41 Å². The fourth-order valence-electron chi connectivity index (χ4n) is 3.57. The summed E-state index contributed by atoms with van der Waals surface area (Å²) in [5, 5.41) is 10.9. The second-order valence-electron chi connectivity index (χ2n) is 7.35. The van der Waals surface area contributed by atoms with Gasteiger partial charge in [-0.1, -0.05) is 85.0 Å². The van der Waals surface area contributed by atoms with Crippen LogP contribution >= 0.6 is 0 Å². The molecule has 0 bridgehead atoms. The van der Waals surface area contributed by atoms with Crippen LogP contribution in [0.4, 0.5) is 0 Å². The molecule has 114 valence electrons. The van der Waals surface area contributed by atoms with Crippen molar-refractivity contribution in [3.05, 3.63) is 0 Å². The molecule has 1 aliphatic rings. The van der Waals surface area contributed by atoms with Gasteiger partial charge in [0.15, 0.2) is 0 Å². The smallest absolute Gasteiger partial charge is 0.0698 e. The normalized spacial score (nSPS) is 26.5. The van der Waals surface area contributed by atoms with Gasteiger partial charge in [0.05, 0.1) is 5.60 Å². The monoisotopic (exact) mass is 268 g/mol. The van der Waals surface area contributed by atoms with Crippen molar-refractivity contribution in [3.8, 4) is 0 Å². The zero-order valence-electron chi connectivity index (χ0n) is 13.6. The average Bonchev–Trinajstić information content (AvgIpc) is 2.36. The molecule has 0 radical (unpaired) electrons. The number of aliphatic hydroxyl groups is 1. The van der Waals surface area contributed by atoms with Gasteiger partial charge in [-0.15, -0.1) is 0 Å².